The summed E-state index contributed by atoms with van der Waals surface area (Å²) in [4.78, 5) is 0. The van der Waals surface area contributed by atoms with Crippen LogP contribution in [0, 0.1) is 0 Å². The first kappa shape index (κ1) is 15.3. The molecule has 2 rings (SSSR count). The van der Waals surface area contributed by atoms with E-state index in [2.05, 4.69) is 20.7 Å². The van der Waals surface area contributed by atoms with Crippen LogP contribution < -0.4 is 9.46 Å². The lowest BCUT2D eigenvalue weighted by Crippen LogP contribution is -2.12. The van der Waals surface area contributed by atoms with Gasteiger partial charge in [-0.2, -0.15) is 0 Å². The van der Waals surface area contributed by atoms with E-state index in [1.807, 2.05) is 13.0 Å². The molecule has 0 saturated carbocycles. The highest BCUT2D eigenvalue weighted by atomic mass is 79.9. The summed E-state index contributed by atoms with van der Waals surface area (Å²) in [6.45, 7) is 2.54. The zero-order valence-electron chi connectivity index (χ0n) is 10.8. The largest absolute Gasteiger partial charge is 0.491 e. The summed E-state index contributed by atoms with van der Waals surface area (Å²) in [5.41, 5.74) is 0.450. The highest BCUT2D eigenvalue weighted by Crippen LogP contribution is 2.30. The Balaban J connectivity index is 2.25. The molecule has 0 aliphatic heterocycles. The Labute approximate surface area is 131 Å². The maximum atomic E-state index is 12.3. The molecular formula is C13H14BrNO3S2. The summed E-state index contributed by atoms with van der Waals surface area (Å²) < 4.78 is 33.7. The van der Waals surface area contributed by atoms with Gasteiger partial charge < -0.3 is 4.74 Å². The number of benzene rings is 1. The van der Waals surface area contributed by atoms with Crippen molar-refractivity contribution in [3.63, 3.8) is 0 Å². The molecule has 0 amide bonds. The highest BCUT2D eigenvalue weighted by molar-refractivity contribution is 9.11. The molecule has 1 aromatic carbocycles. The molecule has 0 spiro atoms. The van der Waals surface area contributed by atoms with Crippen LogP contribution >= 0.6 is 27.3 Å². The highest BCUT2D eigenvalue weighted by Gasteiger charge is 2.18. The van der Waals surface area contributed by atoms with Crippen molar-refractivity contribution in [2.24, 2.45) is 0 Å². The van der Waals surface area contributed by atoms with Gasteiger partial charge in [0.1, 0.15) is 9.96 Å². The summed E-state index contributed by atoms with van der Waals surface area (Å²) in [6.07, 6.45) is 0.860. The predicted molar refractivity (Wildman–Crippen MR) is 85.1 cm³/mol. The fraction of sp³-hybridized carbons (Fsp3) is 0.231. The van der Waals surface area contributed by atoms with Crippen LogP contribution in [0.2, 0.25) is 0 Å². The van der Waals surface area contributed by atoms with Crippen molar-refractivity contribution in [3.05, 3.63) is 40.2 Å². The van der Waals surface area contributed by atoms with Crippen molar-refractivity contribution in [1.82, 2.24) is 0 Å². The molecule has 1 heterocycles. The van der Waals surface area contributed by atoms with Gasteiger partial charge in [-0.05, 0) is 46.6 Å². The maximum absolute atomic E-state index is 12.3. The van der Waals surface area contributed by atoms with E-state index in [1.54, 1.807) is 30.3 Å². The van der Waals surface area contributed by atoms with E-state index in [4.69, 9.17) is 4.74 Å². The van der Waals surface area contributed by atoms with Crippen molar-refractivity contribution in [1.29, 1.82) is 0 Å². The smallest absolute Gasteiger partial charge is 0.271 e. The third-order valence-corrected chi connectivity index (χ3v) is 5.89. The zero-order valence-corrected chi connectivity index (χ0v) is 14.0. The average molecular weight is 376 g/mol. The fourth-order valence-electron chi connectivity index (χ4n) is 1.53. The van der Waals surface area contributed by atoms with Gasteiger partial charge in [-0.3, -0.25) is 4.72 Å². The first-order valence-electron chi connectivity index (χ1n) is 6.03. The molecule has 0 saturated heterocycles. The third kappa shape index (κ3) is 3.74. The minimum Gasteiger partial charge on any atom is -0.491 e. The van der Waals surface area contributed by atoms with E-state index in [0.29, 0.717) is 18.0 Å². The number of rotatable bonds is 6. The molecule has 1 N–H and O–H groups in total. The molecule has 0 fully saturated rings. The molecule has 2 aromatic rings. The van der Waals surface area contributed by atoms with E-state index in [0.717, 1.165) is 21.5 Å². The van der Waals surface area contributed by atoms with Crippen molar-refractivity contribution >= 4 is 43.0 Å². The van der Waals surface area contributed by atoms with E-state index in [1.165, 1.54) is 0 Å². The van der Waals surface area contributed by atoms with Gasteiger partial charge in [-0.25, -0.2) is 8.42 Å². The number of nitrogens with one attached hydrogen (secondary N) is 1. The number of anilines is 1. The predicted octanol–water partition coefficient (Wildman–Crippen LogP) is 4.10. The van der Waals surface area contributed by atoms with E-state index in [-0.39, 0.29) is 4.21 Å². The molecule has 0 aliphatic carbocycles. The second-order valence-electron chi connectivity index (χ2n) is 4.01. The Hall–Kier alpha value is -1.05. The zero-order chi connectivity index (χ0) is 14.6. The normalized spacial score (nSPS) is 11.3. The Morgan fingerprint density at radius 2 is 2.00 bits per heavy atom. The second-order valence-corrected chi connectivity index (χ2v) is 8.38. The molecule has 1 aromatic heterocycles. The van der Waals surface area contributed by atoms with Gasteiger partial charge in [0.05, 0.1) is 16.1 Å². The van der Waals surface area contributed by atoms with Crippen LogP contribution in [-0.2, 0) is 10.0 Å². The van der Waals surface area contributed by atoms with Crippen LogP contribution in [0.5, 0.6) is 5.75 Å². The van der Waals surface area contributed by atoms with Gasteiger partial charge >= 0.3 is 0 Å². The molecule has 7 heteroatoms. The van der Waals surface area contributed by atoms with Gasteiger partial charge in [0.15, 0.2) is 0 Å². The number of hydrogen-bond donors (Lipinski definition) is 1. The number of para-hydroxylation sites is 2. The Bertz CT molecular complexity index is 682. The molecule has 0 unspecified atom stereocenters. The maximum Gasteiger partial charge on any atom is 0.271 e. The van der Waals surface area contributed by atoms with Crippen molar-refractivity contribution in [3.8, 4) is 5.75 Å². The number of halogens is 1. The van der Waals surface area contributed by atoms with Crippen LogP contribution in [0.1, 0.15) is 13.3 Å². The molecule has 108 valence electrons. The summed E-state index contributed by atoms with van der Waals surface area (Å²) in [5.74, 6) is 0.536. The molecule has 0 atom stereocenters. The lowest BCUT2D eigenvalue weighted by molar-refractivity contribution is 0.319. The first-order chi connectivity index (χ1) is 9.53. The lowest BCUT2D eigenvalue weighted by Gasteiger charge is -2.12. The summed E-state index contributed by atoms with van der Waals surface area (Å²) in [7, 11) is -3.58. The number of sulfonamides is 1. The molecule has 4 nitrogen and oxygen atoms in total. The Morgan fingerprint density at radius 1 is 1.25 bits per heavy atom. The van der Waals surface area contributed by atoms with Crippen molar-refractivity contribution in [2.45, 2.75) is 17.6 Å². The van der Waals surface area contributed by atoms with E-state index >= 15 is 0 Å². The van der Waals surface area contributed by atoms with Crippen LogP contribution in [0.4, 0.5) is 5.69 Å². The van der Waals surface area contributed by atoms with Gasteiger partial charge in [0, 0.05) is 0 Å². The molecule has 0 radical (unpaired) electrons. The minimum absolute atomic E-state index is 0.259. The van der Waals surface area contributed by atoms with Gasteiger partial charge in [0.25, 0.3) is 10.0 Å². The summed E-state index contributed by atoms with van der Waals surface area (Å²) in [5, 5.41) is 0. The number of ether oxygens (including phenoxy) is 1. The van der Waals surface area contributed by atoms with Crippen LogP contribution in [-0.4, -0.2) is 15.0 Å². The summed E-state index contributed by atoms with van der Waals surface area (Å²) >= 11 is 4.42. The van der Waals surface area contributed by atoms with Crippen LogP contribution in [0.25, 0.3) is 0 Å². The van der Waals surface area contributed by atoms with Gasteiger partial charge in [-0.15, -0.1) is 11.3 Å². The first-order valence-corrected chi connectivity index (χ1v) is 9.12. The Kier molecular flexibility index (Phi) is 5.06. The fourth-order valence-corrected chi connectivity index (χ4v) is 4.61. The monoisotopic (exact) mass is 375 g/mol. The van der Waals surface area contributed by atoms with Crippen LogP contribution in [0.3, 0.4) is 0 Å². The number of thiophene rings is 1. The molecule has 0 bridgehead atoms. The molecular weight excluding hydrogens is 362 g/mol. The molecule has 20 heavy (non-hydrogen) atoms. The summed E-state index contributed by atoms with van der Waals surface area (Å²) in [6, 6.07) is 10.3. The van der Waals surface area contributed by atoms with E-state index < -0.39 is 10.0 Å². The van der Waals surface area contributed by atoms with Gasteiger partial charge in [0.2, 0.25) is 0 Å². The lowest BCUT2D eigenvalue weighted by atomic mass is 10.3. The Morgan fingerprint density at radius 3 is 2.65 bits per heavy atom. The van der Waals surface area contributed by atoms with Crippen molar-refractivity contribution in [2.75, 3.05) is 11.3 Å². The molecule has 0 aliphatic rings. The van der Waals surface area contributed by atoms with Crippen LogP contribution in [0.15, 0.2) is 44.4 Å². The quantitative estimate of drug-likeness (QED) is 0.826. The number of hydrogen-bond acceptors (Lipinski definition) is 4. The third-order valence-electron chi connectivity index (χ3n) is 2.41. The SMILES string of the molecule is CCCOc1ccccc1NS(=O)(=O)c1ccc(Br)s1. The standard InChI is InChI=1S/C13H14BrNO3S2/c1-2-9-18-11-6-4-3-5-10(11)15-20(16,17)13-8-7-12(14)19-13/h3-8,15H,2,9H2,1H3. The average Bonchev–Trinajstić information content (AvgIpc) is 2.85. The van der Waals surface area contributed by atoms with Gasteiger partial charge in [-0.1, -0.05) is 19.1 Å². The van der Waals surface area contributed by atoms with E-state index in [9.17, 15) is 8.42 Å². The second kappa shape index (κ2) is 6.60. The minimum atomic E-state index is -3.58. The topological polar surface area (TPSA) is 55.4 Å². The van der Waals surface area contributed by atoms with Crippen molar-refractivity contribution < 1.29 is 13.2 Å².